The van der Waals surface area contributed by atoms with E-state index >= 15 is 0 Å². The Labute approximate surface area is 205 Å². The fourth-order valence-electron chi connectivity index (χ4n) is 3.94. The zero-order valence-electron chi connectivity index (χ0n) is 18.7. The van der Waals surface area contributed by atoms with Crippen LogP contribution in [0.2, 0.25) is 0 Å². The molecule has 0 aliphatic rings. The monoisotopic (exact) mass is 523 g/mol. The minimum absolute atomic E-state index is 0.0446. The highest BCUT2D eigenvalue weighted by Gasteiger charge is 2.26. The molecule has 0 N–H and O–H groups in total. The van der Waals surface area contributed by atoms with Crippen molar-refractivity contribution in [3.05, 3.63) is 91.6 Å². The van der Waals surface area contributed by atoms with E-state index < -0.39 is 0 Å². The van der Waals surface area contributed by atoms with Gasteiger partial charge >= 0.3 is 0 Å². The molecule has 0 fully saturated rings. The third-order valence-electron chi connectivity index (χ3n) is 5.71. The Morgan fingerprint density at radius 2 is 1.88 bits per heavy atom. The van der Waals surface area contributed by atoms with Crippen LogP contribution in [0.15, 0.2) is 75.3 Å². The minimum atomic E-state index is -0.370. The molecular weight excluding hydrogens is 498 g/mol. The molecule has 0 radical (unpaired) electrons. The quantitative estimate of drug-likeness (QED) is 0.278. The normalized spacial score (nSPS) is 12.1. The summed E-state index contributed by atoms with van der Waals surface area (Å²) < 4.78 is 2.58. The third-order valence-corrected chi connectivity index (χ3v) is 7.11. The maximum absolute atomic E-state index is 13.6. The molecule has 0 saturated heterocycles. The van der Waals surface area contributed by atoms with E-state index in [0.717, 1.165) is 27.9 Å². The second kappa shape index (κ2) is 10.4. The van der Waals surface area contributed by atoms with E-state index in [1.54, 1.807) is 22.0 Å². The number of amides is 1. The lowest BCUT2D eigenvalue weighted by Gasteiger charge is -2.30. The molecule has 0 bridgehead atoms. The lowest BCUT2D eigenvalue weighted by atomic mass is 10.1. The molecule has 5 nitrogen and oxygen atoms in total. The van der Waals surface area contributed by atoms with Crippen LogP contribution in [-0.2, 0) is 11.2 Å². The van der Waals surface area contributed by atoms with Crippen LogP contribution in [0.5, 0.6) is 0 Å². The van der Waals surface area contributed by atoms with E-state index in [0.29, 0.717) is 29.7 Å². The molecule has 4 rings (SSSR count). The lowest BCUT2D eigenvalue weighted by Crippen LogP contribution is -2.38. The molecule has 33 heavy (non-hydrogen) atoms. The van der Waals surface area contributed by atoms with Crippen LogP contribution in [0.3, 0.4) is 0 Å². The summed E-state index contributed by atoms with van der Waals surface area (Å²) >= 11 is 5.05. The average Bonchev–Trinajstić information content (AvgIpc) is 3.33. The number of nitrogens with zero attached hydrogens (tertiary/aromatic N) is 3. The molecule has 1 atom stereocenters. The van der Waals surface area contributed by atoms with Gasteiger partial charge in [0.2, 0.25) is 5.91 Å². The number of aromatic nitrogens is 2. The maximum Gasteiger partial charge on any atom is 0.266 e. The Morgan fingerprint density at radius 1 is 1.12 bits per heavy atom. The molecule has 1 amide bonds. The molecule has 0 spiro atoms. The number of hydrogen-bond acceptors (Lipinski definition) is 4. The van der Waals surface area contributed by atoms with Crippen molar-refractivity contribution >= 4 is 44.1 Å². The van der Waals surface area contributed by atoms with Gasteiger partial charge in [0.15, 0.2) is 0 Å². The summed E-state index contributed by atoms with van der Waals surface area (Å²) in [6.45, 7) is 4.69. The van der Waals surface area contributed by atoms with Crippen LogP contribution in [0.1, 0.15) is 43.4 Å². The first-order chi connectivity index (χ1) is 16.0. The number of unbranched alkanes of at least 4 members (excludes halogenated alkanes) is 1. The summed E-state index contributed by atoms with van der Waals surface area (Å²) in [7, 11) is 0. The maximum atomic E-state index is 13.6. The van der Waals surface area contributed by atoms with Gasteiger partial charge in [-0.1, -0.05) is 47.5 Å². The molecule has 170 valence electrons. The number of thiophene rings is 1. The second-order valence-corrected chi connectivity index (χ2v) is 9.92. The van der Waals surface area contributed by atoms with E-state index in [2.05, 4.69) is 22.9 Å². The van der Waals surface area contributed by atoms with E-state index in [1.807, 2.05) is 71.8 Å². The fraction of sp³-hybridized carbons (Fsp3) is 0.269. The first kappa shape index (κ1) is 23.4. The molecule has 2 aromatic heterocycles. The summed E-state index contributed by atoms with van der Waals surface area (Å²) in [4.78, 5) is 34.8. The van der Waals surface area contributed by atoms with Crippen molar-refractivity contribution in [2.75, 3.05) is 6.54 Å². The highest BCUT2D eigenvalue weighted by atomic mass is 79.9. The number of benzene rings is 2. The van der Waals surface area contributed by atoms with Crippen molar-refractivity contribution in [1.29, 1.82) is 0 Å². The number of para-hydroxylation sites is 1. The minimum Gasteiger partial charge on any atom is -0.332 e. The van der Waals surface area contributed by atoms with Gasteiger partial charge in [-0.2, -0.15) is 0 Å². The van der Waals surface area contributed by atoms with E-state index in [9.17, 15) is 9.59 Å². The summed E-state index contributed by atoms with van der Waals surface area (Å²) in [5.74, 6) is 0.611. The van der Waals surface area contributed by atoms with Gasteiger partial charge in [-0.25, -0.2) is 4.98 Å². The van der Waals surface area contributed by atoms with Crippen molar-refractivity contribution in [2.45, 2.75) is 39.2 Å². The number of fused-ring (bicyclic) bond motifs is 1. The van der Waals surface area contributed by atoms with Crippen molar-refractivity contribution in [3.63, 3.8) is 0 Å². The zero-order valence-corrected chi connectivity index (χ0v) is 21.1. The van der Waals surface area contributed by atoms with Crippen molar-refractivity contribution < 1.29 is 4.79 Å². The standard InChI is InChI=1S/C26H26BrN3O2S/c1-3-4-15-29(24(31)17-21-8-7-16-33-21)18(2)25-28-23-10-6-5-9-22(23)26(32)30(25)20-13-11-19(27)12-14-20/h5-14,16,18H,3-4,15,17H2,1-2H3. The highest BCUT2D eigenvalue weighted by molar-refractivity contribution is 9.10. The average molecular weight is 524 g/mol. The van der Waals surface area contributed by atoms with Crippen LogP contribution in [0.4, 0.5) is 0 Å². The molecular formula is C26H26BrN3O2S. The summed E-state index contributed by atoms with van der Waals surface area (Å²) in [6, 6.07) is 18.5. The van der Waals surface area contributed by atoms with Gasteiger partial charge in [0.25, 0.3) is 5.56 Å². The third kappa shape index (κ3) is 5.09. The Morgan fingerprint density at radius 3 is 2.58 bits per heavy atom. The Kier molecular flexibility index (Phi) is 7.40. The van der Waals surface area contributed by atoms with Crippen LogP contribution >= 0.6 is 27.3 Å². The SMILES string of the molecule is CCCCN(C(=O)Cc1cccs1)C(C)c1nc2ccccc2c(=O)n1-c1ccc(Br)cc1. The Balaban J connectivity index is 1.84. The highest BCUT2D eigenvalue weighted by Crippen LogP contribution is 2.25. The smallest absolute Gasteiger partial charge is 0.266 e. The summed E-state index contributed by atoms with van der Waals surface area (Å²) in [6.07, 6.45) is 2.21. The van der Waals surface area contributed by atoms with Crippen molar-refractivity contribution in [1.82, 2.24) is 14.5 Å². The van der Waals surface area contributed by atoms with Gasteiger partial charge in [0, 0.05) is 15.9 Å². The first-order valence-corrected chi connectivity index (χ1v) is 12.8. The summed E-state index contributed by atoms with van der Waals surface area (Å²) in [5.41, 5.74) is 1.23. The van der Waals surface area contributed by atoms with E-state index in [1.165, 1.54) is 0 Å². The molecule has 2 aromatic carbocycles. The van der Waals surface area contributed by atoms with Crippen molar-refractivity contribution in [2.24, 2.45) is 0 Å². The van der Waals surface area contributed by atoms with Gasteiger partial charge in [-0.15, -0.1) is 11.3 Å². The molecule has 7 heteroatoms. The second-order valence-electron chi connectivity index (χ2n) is 7.98. The number of carbonyl (C=O) groups excluding carboxylic acids is 1. The summed E-state index contributed by atoms with van der Waals surface area (Å²) in [5, 5.41) is 2.54. The van der Waals surface area contributed by atoms with Crippen LogP contribution in [0.25, 0.3) is 16.6 Å². The molecule has 0 saturated carbocycles. The number of carbonyl (C=O) groups is 1. The van der Waals surface area contributed by atoms with E-state index in [-0.39, 0.29) is 17.5 Å². The number of rotatable bonds is 8. The molecule has 2 heterocycles. The lowest BCUT2D eigenvalue weighted by molar-refractivity contribution is -0.132. The molecule has 1 unspecified atom stereocenters. The number of hydrogen-bond donors (Lipinski definition) is 0. The van der Waals surface area contributed by atoms with Crippen LogP contribution < -0.4 is 5.56 Å². The predicted molar refractivity (Wildman–Crippen MR) is 138 cm³/mol. The van der Waals surface area contributed by atoms with Gasteiger partial charge in [-0.3, -0.25) is 14.2 Å². The van der Waals surface area contributed by atoms with Gasteiger partial charge in [0.05, 0.1) is 29.1 Å². The first-order valence-electron chi connectivity index (χ1n) is 11.1. The van der Waals surface area contributed by atoms with Gasteiger partial charge in [-0.05, 0) is 61.2 Å². The van der Waals surface area contributed by atoms with Crippen LogP contribution in [-0.4, -0.2) is 26.9 Å². The molecule has 4 aromatic rings. The Bertz CT molecular complexity index is 1300. The van der Waals surface area contributed by atoms with Crippen molar-refractivity contribution in [3.8, 4) is 5.69 Å². The molecule has 0 aliphatic carbocycles. The Hall–Kier alpha value is -2.77. The molecule has 0 aliphatic heterocycles. The number of halogens is 1. The predicted octanol–water partition coefficient (Wildman–Crippen LogP) is 6.14. The zero-order chi connectivity index (χ0) is 23.4. The topological polar surface area (TPSA) is 55.2 Å². The van der Waals surface area contributed by atoms with Gasteiger partial charge < -0.3 is 4.90 Å². The van der Waals surface area contributed by atoms with Gasteiger partial charge in [0.1, 0.15) is 5.82 Å². The van der Waals surface area contributed by atoms with E-state index in [4.69, 9.17) is 4.98 Å². The van der Waals surface area contributed by atoms with Crippen LogP contribution in [0, 0.1) is 0 Å². The largest absolute Gasteiger partial charge is 0.332 e. The fourth-order valence-corrected chi connectivity index (χ4v) is 4.90.